The number of nitrogens with zero attached hydrogens (tertiary/aromatic N) is 1. The zero-order valence-corrected chi connectivity index (χ0v) is 12.9. The smallest absolute Gasteiger partial charge is 0.225 e. The molecule has 0 radical (unpaired) electrons. The van der Waals surface area contributed by atoms with E-state index in [1.165, 1.54) is 0 Å². The van der Waals surface area contributed by atoms with Gasteiger partial charge in [-0.25, -0.2) is 0 Å². The van der Waals surface area contributed by atoms with Gasteiger partial charge in [-0.05, 0) is 30.9 Å². The number of benzene rings is 1. The van der Waals surface area contributed by atoms with E-state index in [-0.39, 0.29) is 17.9 Å². The fourth-order valence-corrected chi connectivity index (χ4v) is 3.13. The predicted octanol–water partition coefficient (Wildman–Crippen LogP) is 2.93. The summed E-state index contributed by atoms with van der Waals surface area (Å²) in [5.41, 5.74) is 7.10. The maximum atomic E-state index is 12.4. The van der Waals surface area contributed by atoms with Crippen LogP contribution in [-0.4, -0.2) is 23.9 Å². The van der Waals surface area contributed by atoms with Crippen molar-refractivity contribution in [1.82, 2.24) is 4.90 Å². The standard InChI is InChI=1S/C15H21BrN2O/c1-18(10-12-5-2-3-8-14(12)16)15(19)11-6-4-7-13(17)9-11/h2-3,5,8,11,13H,4,6-7,9-10,17H2,1H3/t11-,13+/m0/s1. The summed E-state index contributed by atoms with van der Waals surface area (Å²) in [6, 6.07) is 8.22. The first-order valence-corrected chi connectivity index (χ1v) is 7.61. The topological polar surface area (TPSA) is 46.3 Å². The van der Waals surface area contributed by atoms with Gasteiger partial charge in [0.05, 0.1) is 0 Å². The van der Waals surface area contributed by atoms with Gasteiger partial charge < -0.3 is 10.6 Å². The molecule has 19 heavy (non-hydrogen) atoms. The normalized spacial score (nSPS) is 23.1. The van der Waals surface area contributed by atoms with Crippen molar-refractivity contribution in [3.05, 3.63) is 34.3 Å². The molecule has 0 spiro atoms. The van der Waals surface area contributed by atoms with Crippen molar-refractivity contribution in [2.24, 2.45) is 11.7 Å². The third kappa shape index (κ3) is 3.80. The number of carbonyl (C=O) groups excluding carboxylic acids is 1. The minimum absolute atomic E-state index is 0.108. The van der Waals surface area contributed by atoms with Crippen molar-refractivity contribution in [3.63, 3.8) is 0 Å². The number of nitrogens with two attached hydrogens (primary N) is 1. The zero-order valence-electron chi connectivity index (χ0n) is 11.3. The molecular formula is C15H21BrN2O. The largest absolute Gasteiger partial charge is 0.341 e. The van der Waals surface area contributed by atoms with Gasteiger partial charge in [0.1, 0.15) is 0 Å². The van der Waals surface area contributed by atoms with Crippen LogP contribution < -0.4 is 5.73 Å². The first-order chi connectivity index (χ1) is 9.08. The summed E-state index contributed by atoms with van der Waals surface area (Å²) in [5, 5.41) is 0. The number of carbonyl (C=O) groups is 1. The maximum Gasteiger partial charge on any atom is 0.225 e. The second-order valence-corrected chi connectivity index (χ2v) is 6.26. The maximum absolute atomic E-state index is 12.4. The highest BCUT2D eigenvalue weighted by Gasteiger charge is 2.27. The zero-order chi connectivity index (χ0) is 13.8. The molecule has 1 aromatic rings. The average Bonchev–Trinajstić information content (AvgIpc) is 2.40. The average molecular weight is 325 g/mol. The molecule has 3 nitrogen and oxygen atoms in total. The minimum Gasteiger partial charge on any atom is -0.341 e. The van der Waals surface area contributed by atoms with Gasteiger partial charge in [-0.3, -0.25) is 4.79 Å². The molecule has 1 aliphatic carbocycles. The van der Waals surface area contributed by atoms with Gasteiger partial charge in [-0.2, -0.15) is 0 Å². The fourth-order valence-electron chi connectivity index (χ4n) is 2.72. The lowest BCUT2D eigenvalue weighted by Crippen LogP contribution is -2.38. The molecule has 1 aromatic carbocycles. The molecule has 1 fully saturated rings. The molecule has 2 rings (SSSR count). The quantitative estimate of drug-likeness (QED) is 0.929. The van der Waals surface area contributed by atoms with E-state index in [1.54, 1.807) is 0 Å². The lowest BCUT2D eigenvalue weighted by Gasteiger charge is -2.29. The summed E-state index contributed by atoms with van der Waals surface area (Å²) in [4.78, 5) is 14.2. The molecule has 1 amide bonds. The minimum atomic E-state index is 0.108. The van der Waals surface area contributed by atoms with Crippen molar-refractivity contribution < 1.29 is 4.79 Å². The molecule has 2 atom stereocenters. The Morgan fingerprint density at radius 1 is 1.42 bits per heavy atom. The van der Waals surface area contributed by atoms with Gasteiger partial charge in [0, 0.05) is 30.0 Å². The van der Waals surface area contributed by atoms with E-state index in [9.17, 15) is 4.79 Å². The van der Waals surface area contributed by atoms with Gasteiger partial charge in [0.25, 0.3) is 0 Å². The Labute approximate surface area is 123 Å². The van der Waals surface area contributed by atoms with Crippen molar-refractivity contribution in [2.75, 3.05) is 7.05 Å². The lowest BCUT2D eigenvalue weighted by molar-refractivity contribution is -0.135. The fraction of sp³-hybridized carbons (Fsp3) is 0.533. The molecule has 104 valence electrons. The Bertz CT molecular complexity index is 450. The van der Waals surface area contributed by atoms with E-state index in [4.69, 9.17) is 5.73 Å². The highest BCUT2D eigenvalue weighted by Crippen LogP contribution is 2.26. The highest BCUT2D eigenvalue weighted by atomic mass is 79.9. The SMILES string of the molecule is CN(Cc1ccccc1Br)C(=O)[C@H]1CCC[C@@H](N)C1. The van der Waals surface area contributed by atoms with Crippen molar-refractivity contribution in [1.29, 1.82) is 0 Å². The summed E-state index contributed by atoms with van der Waals surface area (Å²) < 4.78 is 1.05. The van der Waals surface area contributed by atoms with Gasteiger partial charge in [0.15, 0.2) is 0 Å². The van der Waals surface area contributed by atoms with Crippen LogP contribution in [0.25, 0.3) is 0 Å². The molecule has 2 N–H and O–H groups in total. The highest BCUT2D eigenvalue weighted by molar-refractivity contribution is 9.10. The number of halogens is 1. The Balaban J connectivity index is 1.97. The third-order valence-electron chi connectivity index (χ3n) is 3.81. The summed E-state index contributed by atoms with van der Waals surface area (Å²) in [6.07, 6.45) is 3.93. The van der Waals surface area contributed by atoms with E-state index in [1.807, 2.05) is 36.2 Å². The number of hydrogen-bond acceptors (Lipinski definition) is 2. The predicted molar refractivity (Wildman–Crippen MR) is 80.5 cm³/mol. The van der Waals surface area contributed by atoms with Crippen LogP contribution in [-0.2, 0) is 11.3 Å². The first kappa shape index (κ1) is 14.5. The van der Waals surface area contributed by atoms with Gasteiger partial charge >= 0.3 is 0 Å². The van der Waals surface area contributed by atoms with Crippen LogP contribution in [0.3, 0.4) is 0 Å². The van der Waals surface area contributed by atoms with Gasteiger partial charge in [0.2, 0.25) is 5.91 Å². The second-order valence-electron chi connectivity index (χ2n) is 5.41. The van der Waals surface area contributed by atoms with Gasteiger partial charge in [-0.1, -0.05) is 40.5 Å². The molecule has 0 heterocycles. The first-order valence-electron chi connectivity index (χ1n) is 6.82. The van der Waals surface area contributed by atoms with Crippen molar-refractivity contribution in [2.45, 2.75) is 38.3 Å². The van der Waals surface area contributed by atoms with E-state index in [2.05, 4.69) is 15.9 Å². The van der Waals surface area contributed by atoms with E-state index < -0.39 is 0 Å². The van der Waals surface area contributed by atoms with Crippen LogP contribution >= 0.6 is 15.9 Å². The number of rotatable bonds is 3. The van der Waals surface area contributed by atoms with Crippen LogP contribution in [0.5, 0.6) is 0 Å². The molecule has 0 aromatic heterocycles. The Morgan fingerprint density at radius 2 is 2.16 bits per heavy atom. The Kier molecular flexibility index (Phi) is 4.99. The molecule has 4 heteroatoms. The van der Waals surface area contributed by atoms with Crippen molar-refractivity contribution >= 4 is 21.8 Å². The lowest BCUT2D eigenvalue weighted by atomic mass is 9.85. The molecule has 0 unspecified atom stereocenters. The van der Waals surface area contributed by atoms with Crippen molar-refractivity contribution in [3.8, 4) is 0 Å². The van der Waals surface area contributed by atoms with Crippen LogP contribution in [0.1, 0.15) is 31.2 Å². The van der Waals surface area contributed by atoms with Crippen LogP contribution in [0.15, 0.2) is 28.7 Å². The molecule has 1 saturated carbocycles. The monoisotopic (exact) mass is 324 g/mol. The second kappa shape index (κ2) is 6.53. The summed E-state index contributed by atoms with van der Waals surface area (Å²) in [6.45, 7) is 0.645. The van der Waals surface area contributed by atoms with Crippen LogP contribution in [0, 0.1) is 5.92 Å². The molecular weight excluding hydrogens is 304 g/mol. The van der Waals surface area contributed by atoms with E-state index in [0.717, 1.165) is 35.7 Å². The Morgan fingerprint density at radius 3 is 2.84 bits per heavy atom. The number of amides is 1. The molecule has 0 bridgehead atoms. The molecule has 1 aliphatic rings. The third-order valence-corrected chi connectivity index (χ3v) is 4.58. The summed E-state index contributed by atoms with van der Waals surface area (Å²) in [7, 11) is 1.88. The number of hydrogen-bond donors (Lipinski definition) is 1. The molecule has 0 saturated heterocycles. The van der Waals surface area contributed by atoms with Crippen LogP contribution in [0.4, 0.5) is 0 Å². The summed E-state index contributed by atoms with van der Waals surface area (Å²) in [5.74, 6) is 0.335. The Hall–Kier alpha value is -0.870. The summed E-state index contributed by atoms with van der Waals surface area (Å²) >= 11 is 3.52. The molecule has 0 aliphatic heterocycles. The van der Waals surface area contributed by atoms with E-state index >= 15 is 0 Å². The van der Waals surface area contributed by atoms with Gasteiger partial charge in [-0.15, -0.1) is 0 Å². The van der Waals surface area contributed by atoms with E-state index in [0.29, 0.717) is 6.54 Å². The van der Waals surface area contributed by atoms with Crippen LogP contribution in [0.2, 0.25) is 0 Å².